The van der Waals surface area contributed by atoms with Crippen LogP contribution in [0.25, 0.3) is 10.9 Å². The molecule has 0 unspecified atom stereocenters. The van der Waals surface area contributed by atoms with E-state index >= 15 is 0 Å². The summed E-state index contributed by atoms with van der Waals surface area (Å²) in [5.41, 5.74) is 0.299. The Kier molecular flexibility index (Phi) is 2.76. The van der Waals surface area contributed by atoms with Gasteiger partial charge in [-0.25, -0.2) is 16.8 Å². The predicted octanol–water partition coefficient (Wildman–Crippen LogP) is 2.72. The van der Waals surface area contributed by atoms with Crippen molar-refractivity contribution >= 4 is 20.9 Å². The lowest BCUT2D eigenvalue weighted by Crippen LogP contribution is -2.13. The predicted molar refractivity (Wildman–Crippen MR) is 72.6 cm³/mol. The van der Waals surface area contributed by atoms with Gasteiger partial charge in [0.1, 0.15) is 16.5 Å². The first-order valence-corrected chi connectivity index (χ1v) is 7.25. The first-order chi connectivity index (χ1) is 9.51. The third-order valence-corrected chi connectivity index (χ3v) is 4.77. The molecule has 0 atom stereocenters. The lowest BCUT2D eigenvalue weighted by atomic mass is 10.2. The van der Waals surface area contributed by atoms with Gasteiger partial charge in [0.2, 0.25) is 0 Å². The molecule has 20 heavy (non-hydrogen) atoms. The van der Waals surface area contributed by atoms with Crippen LogP contribution < -0.4 is 0 Å². The second kappa shape index (κ2) is 4.35. The molecule has 0 saturated heterocycles. The zero-order valence-electron chi connectivity index (χ0n) is 10.2. The van der Waals surface area contributed by atoms with Crippen molar-refractivity contribution in [3.8, 4) is 5.75 Å². The van der Waals surface area contributed by atoms with Gasteiger partial charge in [-0.1, -0.05) is 18.2 Å². The molecule has 0 radical (unpaired) electrons. The SMILES string of the molecule is O=S(=O)(c1ccccc1F)n1ccc2c(O)cccc21. The van der Waals surface area contributed by atoms with Crippen LogP contribution in [0.4, 0.5) is 4.39 Å². The van der Waals surface area contributed by atoms with E-state index in [2.05, 4.69) is 0 Å². The molecule has 1 aromatic heterocycles. The number of phenolic OH excluding ortho intramolecular Hbond substituents is 1. The van der Waals surface area contributed by atoms with E-state index in [9.17, 15) is 17.9 Å². The lowest BCUT2D eigenvalue weighted by Gasteiger charge is -2.08. The fourth-order valence-electron chi connectivity index (χ4n) is 2.10. The van der Waals surface area contributed by atoms with Crippen LogP contribution in [0.1, 0.15) is 0 Å². The van der Waals surface area contributed by atoms with Gasteiger partial charge >= 0.3 is 0 Å². The van der Waals surface area contributed by atoms with Gasteiger partial charge < -0.3 is 5.11 Å². The average Bonchev–Trinajstić information content (AvgIpc) is 2.85. The van der Waals surface area contributed by atoms with Crippen LogP contribution in [-0.2, 0) is 10.0 Å². The van der Waals surface area contributed by atoms with Gasteiger partial charge in [-0.15, -0.1) is 0 Å². The fraction of sp³-hybridized carbons (Fsp3) is 0. The minimum atomic E-state index is -4.04. The van der Waals surface area contributed by atoms with Gasteiger partial charge in [0.15, 0.2) is 0 Å². The molecule has 0 saturated carbocycles. The van der Waals surface area contributed by atoms with E-state index in [1.54, 1.807) is 6.07 Å². The highest BCUT2D eigenvalue weighted by Crippen LogP contribution is 2.28. The first kappa shape index (κ1) is 12.7. The zero-order chi connectivity index (χ0) is 14.3. The Morgan fingerprint density at radius 3 is 2.50 bits per heavy atom. The van der Waals surface area contributed by atoms with E-state index in [4.69, 9.17) is 0 Å². The summed E-state index contributed by atoms with van der Waals surface area (Å²) in [6.45, 7) is 0. The Hall–Kier alpha value is -2.34. The molecule has 4 nitrogen and oxygen atoms in total. The van der Waals surface area contributed by atoms with Crippen LogP contribution in [0.5, 0.6) is 5.75 Å². The maximum absolute atomic E-state index is 13.7. The first-order valence-electron chi connectivity index (χ1n) is 5.81. The topological polar surface area (TPSA) is 59.3 Å². The monoisotopic (exact) mass is 291 g/mol. The Balaban J connectivity index is 2.31. The van der Waals surface area contributed by atoms with Crippen LogP contribution in [-0.4, -0.2) is 17.5 Å². The molecule has 0 aliphatic rings. The number of halogens is 1. The summed E-state index contributed by atoms with van der Waals surface area (Å²) in [6, 6.07) is 11.2. The minimum Gasteiger partial charge on any atom is -0.507 e. The van der Waals surface area contributed by atoms with Gasteiger partial charge in [-0.05, 0) is 30.3 Å². The summed E-state index contributed by atoms with van der Waals surface area (Å²) in [7, 11) is -4.04. The Morgan fingerprint density at radius 1 is 1.00 bits per heavy atom. The second-order valence-corrected chi connectivity index (χ2v) is 6.04. The third-order valence-electron chi connectivity index (χ3n) is 3.05. The van der Waals surface area contributed by atoms with Crippen molar-refractivity contribution in [2.45, 2.75) is 4.90 Å². The summed E-state index contributed by atoms with van der Waals surface area (Å²) in [5.74, 6) is -0.834. The van der Waals surface area contributed by atoms with Crippen LogP contribution >= 0.6 is 0 Å². The number of benzene rings is 2. The van der Waals surface area contributed by atoms with Crippen molar-refractivity contribution in [1.29, 1.82) is 0 Å². The van der Waals surface area contributed by atoms with E-state index in [1.807, 2.05) is 0 Å². The Bertz CT molecular complexity index is 900. The van der Waals surface area contributed by atoms with Gasteiger partial charge in [-0.2, -0.15) is 0 Å². The summed E-state index contributed by atoms with van der Waals surface area (Å²) >= 11 is 0. The molecule has 1 N–H and O–H groups in total. The second-order valence-electron chi connectivity index (χ2n) is 4.26. The van der Waals surface area contributed by atoms with Crippen molar-refractivity contribution in [1.82, 2.24) is 3.97 Å². The fourth-order valence-corrected chi connectivity index (χ4v) is 3.51. The van der Waals surface area contributed by atoms with E-state index in [0.717, 1.165) is 10.0 Å². The van der Waals surface area contributed by atoms with E-state index in [-0.39, 0.29) is 5.75 Å². The molecule has 6 heteroatoms. The molecule has 0 fully saturated rings. The van der Waals surface area contributed by atoms with Gasteiger partial charge in [0.05, 0.1) is 5.52 Å². The van der Waals surface area contributed by atoms with Gasteiger partial charge in [0.25, 0.3) is 10.0 Å². The van der Waals surface area contributed by atoms with Gasteiger partial charge in [-0.3, -0.25) is 0 Å². The van der Waals surface area contributed by atoms with Crippen molar-refractivity contribution in [3.05, 3.63) is 60.5 Å². The van der Waals surface area contributed by atoms with Gasteiger partial charge in [0, 0.05) is 11.6 Å². The van der Waals surface area contributed by atoms with Crippen LogP contribution in [0.15, 0.2) is 59.6 Å². The number of fused-ring (bicyclic) bond motifs is 1. The summed E-state index contributed by atoms with van der Waals surface area (Å²) in [4.78, 5) is -0.402. The Morgan fingerprint density at radius 2 is 1.75 bits per heavy atom. The number of rotatable bonds is 2. The molecule has 1 heterocycles. The molecular formula is C14H10FNO3S. The maximum atomic E-state index is 13.7. The molecule has 0 aliphatic heterocycles. The van der Waals surface area contributed by atoms with E-state index in [0.29, 0.717) is 10.9 Å². The molecule has 0 amide bonds. The largest absolute Gasteiger partial charge is 0.507 e. The Labute approximate surface area is 114 Å². The highest BCUT2D eigenvalue weighted by Gasteiger charge is 2.22. The molecule has 0 spiro atoms. The molecule has 3 rings (SSSR count). The molecule has 2 aromatic carbocycles. The number of hydrogen-bond acceptors (Lipinski definition) is 3. The third kappa shape index (κ3) is 1.77. The highest BCUT2D eigenvalue weighted by atomic mass is 32.2. The summed E-state index contributed by atoms with van der Waals surface area (Å²) < 4.78 is 39.6. The molecule has 102 valence electrons. The normalized spacial score (nSPS) is 11.8. The molecule has 0 aliphatic carbocycles. The number of hydrogen-bond donors (Lipinski definition) is 1. The summed E-state index contributed by atoms with van der Waals surface area (Å²) in [6.07, 6.45) is 1.30. The minimum absolute atomic E-state index is 0.0232. The van der Waals surface area contributed by atoms with E-state index in [1.165, 1.54) is 42.6 Å². The van der Waals surface area contributed by atoms with E-state index < -0.39 is 20.7 Å². The number of phenols is 1. The summed E-state index contributed by atoms with van der Waals surface area (Å²) in [5, 5.41) is 10.1. The number of aromatic hydroxyl groups is 1. The quantitative estimate of drug-likeness (QED) is 0.789. The van der Waals surface area contributed by atoms with Crippen molar-refractivity contribution in [3.63, 3.8) is 0 Å². The molecule has 0 bridgehead atoms. The molecular weight excluding hydrogens is 281 g/mol. The van der Waals surface area contributed by atoms with Crippen molar-refractivity contribution < 1.29 is 17.9 Å². The van der Waals surface area contributed by atoms with Crippen LogP contribution in [0.2, 0.25) is 0 Å². The lowest BCUT2D eigenvalue weighted by molar-refractivity contribution is 0.481. The maximum Gasteiger partial charge on any atom is 0.271 e. The number of nitrogens with zero attached hydrogens (tertiary/aromatic N) is 1. The van der Waals surface area contributed by atoms with Crippen molar-refractivity contribution in [2.24, 2.45) is 0 Å². The van der Waals surface area contributed by atoms with Crippen LogP contribution in [0, 0.1) is 5.82 Å². The van der Waals surface area contributed by atoms with Crippen LogP contribution in [0.3, 0.4) is 0 Å². The van der Waals surface area contributed by atoms with Crippen molar-refractivity contribution in [2.75, 3.05) is 0 Å². The molecule has 3 aromatic rings. The average molecular weight is 291 g/mol. The standard InChI is InChI=1S/C14H10FNO3S/c15-11-4-1-2-7-14(11)20(18,19)16-9-8-10-12(16)5-3-6-13(10)17/h1-9,17H. The highest BCUT2D eigenvalue weighted by molar-refractivity contribution is 7.90. The zero-order valence-corrected chi connectivity index (χ0v) is 11.0. The number of aromatic nitrogens is 1. The smallest absolute Gasteiger partial charge is 0.271 e.